The van der Waals surface area contributed by atoms with Gasteiger partial charge in [0.05, 0.1) is 15.9 Å². The molecule has 160 valence electrons. The van der Waals surface area contributed by atoms with Crippen molar-refractivity contribution in [2.75, 3.05) is 19.0 Å². The topological polar surface area (TPSA) is 134 Å². The normalized spacial score (nSPS) is 11.3. The molecule has 0 unspecified atom stereocenters. The van der Waals surface area contributed by atoms with Gasteiger partial charge in [-0.15, -0.1) is 10.2 Å². The van der Waals surface area contributed by atoms with Crippen LogP contribution in [0.4, 0.5) is 28.4 Å². The Labute approximate surface area is 181 Å². The van der Waals surface area contributed by atoms with Crippen LogP contribution < -0.4 is 4.90 Å². The molecule has 0 spiro atoms. The van der Waals surface area contributed by atoms with E-state index in [1.807, 2.05) is 55.4 Å². The van der Waals surface area contributed by atoms with Gasteiger partial charge < -0.3 is 10.0 Å². The van der Waals surface area contributed by atoms with E-state index in [9.17, 15) is 25.3 Å². The number of anilines is 1. The summed E-state index contributed by atoms with van der Waals surface area (Å²) in [6.45, 7) is 0. The highest BCUT2D eigenvalue weighted by atomic mass is 16.6. The molecular weight excluding hydrogens is 414 g/mol. The van der Waals surface area contributed by atoms with Crippen molar-refractivity contribution in [2.24, 2.45) is 10.2 Å². The highest BCUT2D eigenvalue weighted by Gasteiger charge is 2.20. The first kappa shape index (κ1) is 20.7. The molecule has 1 N–H and O–H groups in total. The van der Waals surface area contributed by atoms with Crippen molar-refractivity contribution in [3.05, 3.63) is 80.9 Å². The molecule has 0 aliphatic heterocycles. The highest BCUT2D eigenvalue weighted by Crippen LogP contribution is 2.43. The number of fused-ring (bicyclic) bond motifs is 2. The summed E-state index contributed by atoms with van der Waals surface area (Å²) in [5, 5.41) is 44.4. The molecule has 0 heterocycles. The summed E-state index contributed by atoms with van der Waals surface area (Å²) in [6, 6.07) is 16.3. The zero-order chi connectivity index (χ0) is 23.0. The zero-order valence-corrected chi connectivity index (χ0v) is 17.1. The minimum Gasteiger partial charge on any atom is -0.505 e. The second-order valence-corrected chi connectivity index (χ2v) is 7.29. The van der Waals surface area contributed by atoms with Crippen molar-refractivity contribution >= 4 is 50.0 Å². The van der Waals surface area contributed by atoms with Gasteiger partial charge >= 0.3 is 5.69 Å². The average molecular weight is 431 g/mol. The lowest BCUT2D eigenvalue weighted by Gasteiger charge is -2.18. The maximum Gasteiger partial charge on any atom is 0.303 e. The number of rotatable bonds is 5. The number of hydrogen-bond acceptors (Lipinski definition) is 8. The van der Waals surface area contributed by atoms with Crippen LogP contribution in [0.2, 0.25) is 0 Å². The van der Waals surface area contributed by atoms with Gasteiger partial charge in [0.25, 0.3) is 5.69 Å². The molecule has 0 aliphatic carbocycles. The van der Waals surface area contributed by atoms with Crippen LogP contribution in [0.5, 0.6) is 5.75 Å². The summed E-state index contributed by atoms with van der Waals surface area (Å²) in [6.07, 6.45) is 0. The number of azo groups is 1. The summed E-state index contributed by atoms with van der Waals surface area (Å²) in [5.41, 5.74) is -0.252. The lowest BCUT2D eigenvalue weighted by Crippen LogP contribution is -2.09. The van der Waals surface area contributed by atoms with Crippen molar-refractivity contribution in [2.45, 2.75) is 0 Å². The fourth-order valence-electron chi connectivity index (χ4n) is 3.47. The second-order valence-electron chi connectivity index (χ2n) is 7.29. The Morgan fingerprint density at radius 2 is 1.44 bits per heavy atom. The number of benzene rings is 4. The van der Waals surface area contributed by atoms with Gasteiger partial charge in [0.2, 0.25) is 0 Å². The standard InChI is InChI=1S/C22H17N5O5/c1-25(2)20-12-19(22(28)17-10-14-6-4-3-5-13(14)9-16(17)20)24-23-18-8-7-15(26(29)30)11-21(18)27(31)32/h3-12,28H,1-2H3. The molecule has 4 rings (SSSR count). The van der Waals surface area contributed by atoms with Gasteiger partial charge in [-0.2, -0.15) is 0 Å². The van der Waals surface area contributed by atoms with Crippen molar-refractivity contribution in [1.82, 2.24) is 0 Å². The number of hydrogen-bond donors (Lipinski definition) is 1. The molecule has 0 fully saturated rings. The molecule has 4 aromatic carbocycles. The Morgan fingerprint density at radius 3 is 2.03 bits per heavy atom. The van der Waals surface area contributed by atoms with Gasteiger partial charge in [-0.05, 0) is 35.0 Å². The Hall–Kier alpha value is -4.60. The summed E-state index contributed by atoms with van der Waals surface area (Å²) in [4.78, 5) is 22.6. The van der Waals surface area contributed by atoms with E-state index in [0.717, 1.165) is 40.0 Å². The second kappa shape index (κ2) is 7.91. The Morgan fingerprint density at radius 1 is 0.812 bits per heavy atom. The first-order valence-electron chi connectivity index (χ1n) is 9.46. The minimum absolute atomic E-state index is 0.115. The number of aromatic hydroxyl groups is 1. The van der Waals surface area contributed by atoms with E-state index in [2.05, 4.69) is 10.2 Å². The number of nitrogens with zero attached hydrogens (tertiary/aromatic N) is 5. The number of phenolic OH excluding ortho intramolecular Hbond substituents is 1. The summed E-state index contributed by atoms with van der Waals surface area (Å²) in [7, 11) is 3.70. The van der Waals surface area contributed by atoms with Crippen molar-refractivity contribution < 1.29 is 15.0 Å². The van der Waals surface area contributed by atoms with Crippen LogP contribution in [0.3, 0.4) is 0 Å². The van der Waals surface area contributed by atoms with Gasteiger partial charge in [0.1, 0.15) is 5.69 Å². The van der Waals surface area contributed by atoms with E-state index < -0.39 is 21.2 Å². The molecule has 0 saturated carbocycles. The van der Waals surface area contributed by atoms with E-state index in [1.54, 1.807) is 6.07 Å². The summed E-state index contributed by atoms with van der Waals surface area (Å²) >= 11 is 0. The molecule has 0 amide bonds. The van der Waals surface area contributed by atoms with Crippen LogP contribution in [-0.2, 0) is 0 Å². The van der Waals surface area contributed by atoms with E-state index in [4.69, 9.17) is 0 Å². The molecular formula is C22H17N5O5. The zero-order valence-electron chi connectivity index (χ0n) is 17.1. The molecule has 10 heteroatoms. The van der Waals surface area contributed by atoms with Crippen LogP contribution in [0.25, 0.3) is 21.5 Å². The Kier molecular flexibility index (Phi) is 5.11. The van der Waals surface area contributed by atoms with Gasteiger partial charge in [-0.3, -0.25) is 20.2 Å². The molecule has 0 atom stereocenters. The molecule has 0 bridgehead atoms. The highest BCUT2D eigenvalue weighted by molar-refractivity contribution is 6.08. The predicted octanol–water partition coefficient (Wildman–Crippen LogP) is 6.00. The van der Waals surface area contributed by atoms with Crippen LogP contribution in [0, 0.1) is 20.2 Å². The van der Waals surface area contributed by atoms with Gasteiger partial charge in [-0.25, -0.2) is 0 Å². The quantitative estimate of drug-likeness (QED) is 0.178. The van der Waals surface area contributed by atoms with Gasteiger partial charge in [0.15, 0.2) is 11.4 Å². The fraction of sp³-hybridized carbons (Fsp3) is 0.0909. The summed E-state index contributed by atoms with van der Waals surface area (Å²) < 4.78 is 0. The number of phenols is 1. The van der Waals surface area contributed by atoms with E-state index in [-0.39, 0.29) is 17.1 Å². The number of nitro benzene ring substituents is 2. The maximum absolute atomic E-state index is 11.3. The largest absolute Gasteiger partial charge is 0.505 e. The third-order valence-electron chi connectivity index (χ3n) is 5.05. The first-order valence-corrected chi connectivity index (χ1v) is 9.46. The van der Waals surface area contributed by atoms with Crippen LogP contribution in [0.1, 0.15) is 0 Å². The van der Waals surface area contributed by atoms with Crippen molar-refractivity contribution in [3.63, 3.8) is 0 Å². The Balaban J connectivity index is 1.89. The SMILES string of the molecule is CN(C)c1cc(N=Nc2ccc([N+](=O)[O-])cc2[N+](=O)[O-])c(O)c2cc3ccccc3cc12. The lowest BCUT2D eigenvalue weighted by atomic mass is 10.0. The van der Waals surface area contributed by atoms with Gasteiger partial charge in [0, 0.05) is 36.6 Å². The summed E-state index contributed by atoms with van der Waals surface area (Å²) in [5.74, 6) is -0.121. The van der Waals surface area contributed by atoms with E-state index in [1.165, 1.54) is 0 Å². The smallest absolute Gasteiger partial charge is 0.303 e. The monoisotopic (exact) mass is 431 g/mol. The van der Waals surface area contributed by atoms with Crippen molar-refractivity contribution in [1.29, 1.82) is 0 Å². The number of nitro groups is 2. The molecule has 32 heavy (non-hydrogen) atoms. The first-order chi connectivity index (χ1) is 15.3. The number of non-ortho nitro benzene ring substituents is 1. The van der Waals surface area contributed by atoms with Gasteiger partial charge in [-0.1, -0.05) is 24.3 Å². The molecule has 0 aliphatic rings. The third-order valence-corrected chi connectivity index (χ3v) is 5.05. The third kappa shape index (κ3) is 3.65. The van der Waals surface area contributed by atoms with Crippen molar-refractivity contribution in [3.8, 4) is 5.75 Å². The van der Waals surface area contributed by atoms with E-state index >= 15 is 0 Å². The van der Waals surface area contributed by atoms with Crippen LogP contribution in [-0.4, -0.2) is 29.0 Å². The molecule has 0 saturated heterocycles. The molecule has 0 radical (unpaired) electrons. The molecule has 0 aromatic heterocycles. The Bertz CT molecular complexity index is 1430. The lowest BCUT2D eigenvalue weighted by molar-refractivity contribution is -0.393. The van der Waals surface area contributed by atoms with Crippen LogP contribution >= 0.6 is 0 Å². The fourth-order valence-corrected chi connectivity index (χ4v) is 3.47. The predicted molar refractivity (Wildman–Crippen MR) is 121 cm³/mol. The maximum atomic E-state index is 11.3. The molecule has 10 nitrogen and oxygen atoms in total. The average Bonchev–Trinajstić information content (AvgIpc) is 2.77. The van der Waals surface area contributed by atoms with E-state index in [0.29, 0.717) is 5.39 Å². The molecule has 4 aromatic rings. The minimum atomic E-state index is -0.765. The van der Waals surface area contributed by atoms with Crippen LogP contribution in [0.15, 0.2) is 70.9 Å².